The number of rotatable bonds is 6. The zero-order valence-electron chi connectivity index (χ0n) is 13.0. The van der Waals surface area contributed by atoms with Crippen LogP contribution in [0.25, 0.3) is 0 Å². The SMILES string of the molecule is Cc1ccccc1CN(C)S(=O)(=O)Cc1ccc([N+](=O)[O-])cc1. The largest absolute Gasteiger partial charge is 0.269 e. The molecule has 7 heteroatoms. The zero-order chi connectivity index (χ0) is 17.0. The summed E-state index contributed by atoms with van der Waals surface area (Å²) in [6.45, 7) is 2.23. The topological polar surface area (TPSA) is 80.5 Å². The molecule has 2 aromatic carbocycles. The number of hydrogen-bond donors (Lipinski definition) is 0. The fourth-order valence-electron chi connectivity index (χ4n) is 2.16. The standard InChI is InChI=1S/C16H18N2O4S/c1-13-5-3-4-6-15(13)11-17(2)23(21,22)12-14-7-9-16(10-8-14)18(19)20/h3-10H,11-12H2,1-2H3. The Hall–Kier alpha value is -2.25. The lowest BCUT2D eigenvalue weighted by Gasteiger charge is -2.18. The van der Waals surface area contributed by atoms with E-state index in [9.17, 15) is 18.5 Å². The molecule has 122 valence electrons. The Labute approximate surface area is 135 Å². The van der Waals surface area contributed by atoms with E-state index in [1.165, 1.54) is 35.6 Å². The Morgan fingerprint density at radius 3 is 2.26 bits per heavy atom. The molecule has 0 aliphatic rings. The Bertz CT molecular complexity index is 801. The molecule has 0 radical (unpaired) electrons. The molecule has 0 amide bonds. The van der Waals surface area contributed by atoms with Gasteiger partial charge in [-0.25, -0.2) is 12.7 Å². The molecule has 0 bridgehead atoms. The molecule has 0 aliphatic carbocycles. The van der Waals surface area contributed by atoms with Crippen LogP contribution in [0, 0.1) is 17.0 Å². The van der Waals surface area contributed by atoms with Gasteiger partial charge in [-0.3, -0.25) is 10.1 Å². The Kier molecular flexibility index (Phi) is 5.12. The first-order valence-corrected chi connectivity index (χ1v) is 8.62. The first-order valence-electron chi connectivity index (χ1n) is 7.01. The smallest absolute Gasteiger partial charge is 0.258 e. The van der Waals surface area contributed by atoms with E-state index in [0.29, 0.717) is 12.1 Å². The summed E-state index contributed by atoms with van der Waals surface area (Å²) in [5.41, 5.74) is 2.44. The van der Waals surface area contributed by atoms with Gasteiger partial charge in [0.05, 0.1) is 10.7 Å². The number of nitro groups is 1. The van der Waals surface area contributed by atoms with Crippen molar-refractivity contribution < 1.29 is 13.3 Å². The minimum Gasteiger partial charge on any atom is -0.258 e. The van der Waals surface area contributed by atoms with Crippen molar-refractivity contribution in [3.63, 3.8) is 0 Å². The van der Waals surface area contributed by atoms with E-state index in [-0.39, 0.29) is 11.4 Å². The van der Waals surface area contributed by atoms with Crippen LogP contribution in [0.2, 0.25) is 0 Å². The van der Waals surface area contributed by atoms with Crippen molar-refractivity contribution >= 4 is 15.7 Å². The van der Waals surface area contributed by atoms with E-state index in [0.717, 1.165) is 11.1 Å². The molecule has 2 rings (SSSR count). The zero-order valence-corrected chi connectivity index (χ0v) is 13.8. The van der Waals surface area contributed by atoms with Crippen LogP contribution in [-0.2, 0) is 22.3 Å². The first kappa shape index (κ1) is 17.1. The van der Waals surface area contributed by atoms with Crippen LogP contribution in [0.4, 0.5) is 5.69 Å². The van der Waals surface area contributed by atoms with E-state index in [4.69, 9.17) is 0 Å². The van der Waals surface area contributed by atoms with Gasteiger partial charge in [-0.1, -0.05) is 36.4 Å². The highest BCUT2D eigenvalue weighted by Crippen LogP contribution is 2.17. The van der Waals surface area contributed by atoms with Crippen molar-refractivity contribution in [1.82, 2.24) is 4.31 Å². The molecular formula is C16H18N2O4S. The first-order chi connectivity index (χ1) is 10.8. The van der Waals surface area contributed by atoms with Gasteiger partial charge in [-0.15, -0.1) is 0 Å². The van der Waals surface area contributed by atoms with Crippen LogP contribution < -0.4 is 0 Å². The monoisotopic (exact) mass is 334 g/mol. The average molecular weight is 334 g/mol. The third-order valence-corrected chi connectivity index (χ3v) is 5.40. The molecule has 0 saturated heterocycles. The molecule has 0 saturated carbocycles. The number of hydrogen-bond acceptors (Lipinski definition) is 4. The molecule has 0 N–H and O–H groups in total. The van der Waals surface area contributed by atoms with Gasteiger partial charge in [0.15, 0.2) is 0 Å². The van der Waals surface area contributed by atoms with Crippen LogP contribution in [0.15, 0.2) is 48.5 Å². The van der Waals surface area contributed by atoms with Crippen LogP contribution in [-0.4, -0.2) is 24.7 Å². The fraction of sp³-hybridized carbons (Fsp3) is 0.250. The van der Waals surface area contributed by atoms with Crippen molar-refractivity contribution in [2.24, 2.45) is 0 Å². The maximum absolute atomic E-state index is 12.4. The van der Waals surface area contributed by atoms with E-state index < -0.39 is 14.9 Å². The van der Waals surface area contributed by atoms with Crippen molar-refractivity contribution in [3.8, 4) is 0 Å². The van der Waals surface area contributed by atoms with Gasteiger partial charge in [0.25, 0.3) is 5.69 Å². The molecule has 0 aromatic heterocycles. The maximum atomic E-state index is 12.4. The summed E-state index contributed by atoms with van der Waals surface area (Å²) in [6.07, 6.45) is 0. The third-order valence-electron chi connectivity index (χ3n) is 3.63. The molecule has 0 heterocycles. The summed E-state index contributed by atoms with van der Waals surface area (Å²) in [5, 5.41) is 10.6. The number of benzene rings is 2. The molecule has 6 nitrogen and oxygen atoms in total. The minimum atomic E-state index is -3.50. The lowest BCUT2D eigenvalue weighted by molar-refractivity contribution is -0.384. The highest BCUT2D eigenvalue weighted by atomic mass is 32.2. The number of nitro benzene ring substituents is 1. The highest BCUT2D eigenvalue weighted by Gasteiger charge is 2.19. The van der Waals surface area contributed by atoms with E-state index in [1.807, 2.05) is 31.2 Å². The summed E-state index contributed by atoms with van der Waals surface area (Å²) in [6, 6.07) is 13.2. The van der Waals surface area contributed by atoms with Crippen LogP contribution in [0.3, 0.4) is 0 Å². The lowest BCUT2D eigenvalue weighted by Crippen LogP contribution is -2.28. The summed E-state index contributed by atoms with van der Waals surface area (Å²) in [4.78, 5) is 10.1. The van der Waals surface area contributed by atoms with Gasteiger partial charge in [-0.2, -0.15) is 0 Å². The molecule has 0 spiro atoms. The highest BCUT2D eigenvalue weighted by molar-refractivity contribution is 7.88. The molecule has 2 aromatic rings. The quantitative estimate of drug-likeness (QED) is 0.601. The number of nitrogens with zero attached hydrogens (tertiary/aromatic N) is 2. The van der Waals surface area contributed by atoms with Crippen molar-refractivity contribution in [1.29, 1.82) is 0 Å². The van der Waals surface area contributed by atoms with Crippen molar-refractivity contribution in [2.75, 3.05) is 7.05 Å². The number of sulfonamides is 1. The van der Waals surface area contributed by atoms with Crippen LogP contribution in [0.1, 0.15) is 16.7 Å². The summed E-state index contributed by atoms with van der Waals surface area (Å²) in [5.74, 6) is -0.187. The summed E-state index contributed by atoms with van der Waals surface area (Å²) in [7, 11) is -1.96. The average Bonchev–Trinajstić information content (AvgIpc) is 2.49. The Balaban J connectivity index is 2.11. The van der Waals surface area contributed by atoms with Gasteiger partial charge in [0.1, 0.15) is 0 Å². The number of aryl methyl sites for hydroxylation is 1. The maximum Gasteiger partial charge on any atom is 0.269 e. The molecule has 23 heavy (non-hydrogen) atoms. The molecule has 0 aliphatic heterocycles. The van der Waals surface area contributed by atoms with Gasteiger partial charge >= 0.3 is 0 Å². The molecule has 0 atom stereocenters. The lowest BCUT2D eigenvalue weighted by atomic mass is 10.1. The third kappa shape index (κ3) is 4.37. The second-order valence-electron chi connectivity index (χ2n) is 5.36. The summed E-state index contributed by atoms with van der Waals surface area (Å²) < 4.78 is 26.2. The molecular weight excluding hydrogens is 316 g/mol. The second-order valence-corrected chi connectivity index (χ2v) is 7.44. The second kappa shape index (κ2) is 6.89. The molecule has 0 fully saturated rings. The van der Waals surface area contributed by atoms with E-state index >= 15 is 0 Å². The minimum absolute atomic E-state index is 0.0561. The van der Waals surface area contributed by atoms with Gasteiger partial charge in [0, 0.05) is 25.7 Å². The van der Waals surface area contributed by atoms with Crippen LogP contribution in [0.5, 0.6) is 0 Å². The molecule has 0 unspecified atom stereocenters. The van der Waals surface area contributed by atoms with Gasteiger partial charge in [-0.05, 0) is 23.6 Å². The van der Waals surface area contributed by atoms with E-state index in [1.54, 1.807) is 0 Å². The Morgan fingerprint density at radius 2 is 1.70 bits per heavy atom. The van der Waals surface area contributed by atoms with Crippen LogP contribution >= 0.6 is 0 Å². The normalized spacial score (nSPS) is 11.6. The predicted octanol–water partition coefficient (Wildman–Crippen LogP) is 2.87. The van der Waals surface area contributed by atoms with Crippen molar-refractivity contribution in [2.45, 2.75) is 19.2 Å². The van der Waals surface area contributed by atoms with Gasteiger partial charge in [0.2, 0.25) is 10.0 Å². The fourth-order valence-corrected chi connectivity index (χ4v) is 3.33. The van der Waals surface area contributed by atoms with Gasteiger partial charge < -0.3 is 0 Å². The van der Waals surface area contributed by atoms with E-state index in [2.05, 4.69) is 0 Å². The Morgan fingerprint density at radius 1 is 1.09 bits per heavy atom. The summed E-state index contributed by atoms with van der Waals surface area (Å²) >= 11 is 0. The number of non-ortho nitro benzene ring substituents is 1. The predicted molar refractivity (Wildman–Crippen MR) is 88.4 cm³/mol. The van der Waals surface area contributed by atoms with Crippen molar-refractivity contribution in [3.05, 3.63) is 75.3 Å².